The molecule has 0 aliphatic carbocycles. The second-order valence-electron chi connectivity index (χ2n) is 3.01. The van der Waals surface area contributed by atoms with E-state index in [1.54, 1.807) is 0 Å². The molecule has 74 valence electrons. The molecule has 1 fully saturated rings. The van der Waals surface area contributed by atoms with E-state index in [2.05, 4.69) is 11.8 Å². The molecule has 1 rings (SSSR count). The predicted molar refractivity (Wildman–Crippen MR) is 48.9 cm³/mol. The summed E-state index contributed by atoms with van der Waals surface area (Å²) < 4.78 is 8.63. The Bertz CT molecular complexity index is 155. The number of carbonyl (C=O) groups is 1. The number of ether oxygens (including phenoxy) is 1. The van der Waals surface area contributed by atoms with Crippen LogP contribution in [0.3, 0.4) is 0 Å². The first kappa shape index (κ1) is 15.7. The molecule has 6 heteroatoms. The molecule has 0 aromatic heterocycles. The number of hydrogen-bond acceptors (Lipinski definition) is 3. The second-order valence-corrected chi connectivity index (χ2v) is 8.58. The molecule has 2 unspecified atom stereocenters. The molecule has 1 N–H and O–H groups in total. The van der Waals surface area contributed by atoms with Gasteiger partial charge in [-0.15, -0.1) is 0 Å². The van der Waals surface area contributed by atoms with Gasteiger partial charge in [0.1, 0.15) is 0 Å². The Morgan fingerprint density at radius 1 is 1.43 bits per heavy atom. The van der Waals surface area contributed by atoms with Gasteiger partial charge in [0.15, 0.2) is 0 Å². The van der Waals surface area contributed by atoms with Crippen LogP contribution in [-0.2, 0) is 61.8 Å². The molecule has 1 heterocycles. The molecule has 0 spiro atoms. The first-order valence-corrected chi connectivity index (χ1v) is 13.5. The molecule has 2 atom stereocenters. The van der Waals surface area contributed by atoms with Gasteiger partial charge in [-0.3, -0.25) is 4.79 Å². The van der Waals surface area contributed by atoms with Crippen LogP contribution in [0.1, 0.15) is 6.92 Å². The predicted octanol–water partition coefficient (Wildman–Crippen LogP) is 1.51. The van der Waals surface area contributed by atoms with E-state index in [9.17, 15) is 0 Å². The van der Waals surface area contributed by atoms with Gasteiger partial charge in [-0.25, -0.2) is 0 Å². The van der Waals surface area contributed by atoms with E-state index in [4.69, 9.17) is 14.6 Å². The van der Waals surface area contributed by atoms with E-state index < -0.39 is 5.97 Å². The van der Waals surface area contributed by atoms with Gasteiger partial charge in [0.05, 0.1) is 0 Å². The zero-order valence-corrected chi connectivity index (χ0v) is 20.4. The number of rotatable bonds is 2. The van der Waals surface area contributed by atoms with E-state index in [1.165, 1.54) is 19.4 Å². The van der Waals surface area contributed by atoms with Crippen molar-refractivity contribution in [2.45, 2.75) is 27.0 Å². The summed E-state index contributed by atoms with van der Waals surface area (Å²) >= 11 is 3.97. The Balaban J connectivity index is 0.000000364. The van der Waals surface area contributed by atoms with Gasteiger partial charge in [0, 0.05) is 6.92 Å². The van der Waals surface area contributed by atoms with Crippen molar-refractivity contribution in [2.75, 3.05) is 11.5 Å². The molecule has 0 bridgehead atoms. The Morgan fingerprint density at radius 2 is 1.79 bits per heavy atom. The quantitative estimate of drug-likeness (QED) is 0.495. The molecular formula is C8H14Hg2O3S. The number of carboxylic acids is 1. The molecular weight excluding hydrogens is 577 g/mol. The van der Waals surface area contributed by atoms with Crippen molar-refractivity contribution in [3.05, 3.63) is 0 Å². The van der Waals surface area contributed by atoms with Gasteiger partial charge in [0.2, 0.25) is 0 Å². The molecule has 3 nitrogen and oxygen atoms in total. The Labute approximate surface area is 122 Å². The fourth-order valence-electron chi connectivity index (χ4n) is 0.984. The third-order valence-corrected chi connectivity index (χ3v) is 7.86. The van der Waals surface area contributed by atoms with Crippen LogP contribution in [0.5, 0.6) is 0 Å². The number of aliphatic carboxylic acids is 1. The van der Waals surface area contributed by atoms with Gasteiger partial charge in [0.25, 0.3) is 5.97 Å². The van der Waals surface area contributed by atoms with E-state index in [1.807, 2.05) is 0 Å². The number of thioether (sulfide) groups is 1. The number of hydrogen-bond donors (Lipinski definition) is 1. The normalized spacial score (nSPS) is 26.4. The summed E-state index contributed by atoms with van der Waals surface area (Å²) in [5.41, 5.74) is 0. The molecule has 0 aromatic rings. The Morgan fingerprint density at radius 3 is 2.07 bits per heavy atom. The van der Waals surface area contributed by atoms with Crippen molar-refractivity contribution in [1.29, 1.82) is 0 Å². The summed E-state index contributed by atoms with van der Waals surface area (Å²) in [4.78, 5) is 9.00. The average Bonchev–Trinajstić information content (AvgIpc) is 2.17. The van der Waals surface area contributed by atoms with Gasteiger partial charge in [-0.2, -0.15) is 0 Å². The van der Waals surface area contributed by atoms with Gasteiger partial charge in [-0.1, -0.05) is 0 Å². The van der Waals surface area contributed by atoms with E-state index in [0.717, 1.165) is 59.2 Å². The van der Waals surface area contributed by atoms with Crippen molar-refractivity contribution >= 4 is 17.7 Å². The summed E-state index contributed by atoms with van der Waals surface area (Å²) in [6, 6.07) is 0. The molecule has 0 radical (unpaired) electrons. The van der Waals surface area contributed by atoms with E-state index in [0.29, 0.717) is 12.2 Å². The van der Waals surface area contributed by atoms with E-state index >= 15 is 0 Å². The van der Waals surface area contributed by atoms with Crippen LogP contribution in [0.4, 0.5) is 0 Å². The SMILES string of the molecule is CC(=O)O.[Hg][CH2]C1CSCC([CH2][Hg])O1. The van der Waals surface area contributed by atoms with Crippen molar-refractivity contribution in [3.8, 4) is 0 Å². The van der Waals surface area contributed by atoms with E-state index in [-0.39, 0.29) is 0 Å². The summed E-state index contributed by atoms with van der Waals surface area (Å²) in [6.45, 7) is 1.08. The van der Waals surface area contributed by atoms with Gasteiger partial charge < -0.3 is 5.11 Å². The molecule has 0 aromatic carbocycles. The minimum absolute atomic E-state index is 0.649. The molecule has 0 amide bonds. The van der Waals surface area contributed by atoms with Crippen LogP contribution in [0.25, 0.3) is 0 Å². The Hall–Kier alpha value is 1.65. The molecule has 14 heavy (non-hydrogen) atoms. The molecule has 1 saturated heterocycles. The zero-order valence-electron chi connectivity index (χ0n) is 8.57. The van der Waals surface area contributed by atoms with Crippen LogP contribution in [0, 0.1) is 0 Å². The van der Waals surface area contributed by atoms with Crippen molar-refractivity contribution in [3.63, 3.8) is 0 Å². The maximum absolute atomic E-state index is 9.00. The number of carboxylic acid groups (broad SMARTS) is 1. The van der Waals surface area contributed by atoms with Crippen LogP contribution in [-0.4, -0.2) is 34.8 Å². The monoisotopic (exact) mass is 594 g/mol. The summed E-state index contributed by atoms with van der Waals surface area (Å²) in [5, 5.41) is 7.42. The standard InChI is InChI=1S/C6H10OS.C2H4O2.2Hg/c1-5-3-8-4-6(2)7-5;1-2(3)4;;/h5-6H,1-4H2;1H3,(H,3,4);;. The first-order chi connectivity index (χ1) is 6.60. The topological polar surface area (TPSA) is 46.5 Å². The van der Waals surface area contributed by atoms with Crippen LogP contribution >= 0.6 is 11.8 Å². The van der Waals surface area contributed by atoms with Gasteiger partial charge >= 0.3 is 100 Å². The third-order valence-electron chi connectivity index (χ3n) is 1.64. The van der Waals surface area contributed by atoms with Crippen LogP contribution in [0.15, 0.2) is 0 Å². The van der Waals surface area contributed by atoms with Gasteiger partial charge in [-0.05, 0) is 0 Å². The van der Waals surface area contributed by atoms with Crippen molar-refractivity contribution < 1.29 is 66.9 Å². The average molecular weight is 591 g/mol. The summed E-state index contributed by atoms with van der Waals surface area (Å²) in [6.07, 6.45) is 1.30. The van der Waals surface area contributed by atoms with Crippen LogP contribution in [0.2, 0.25) is 7.86 Å². The zero-order chi connectivity index (χ0) is 11.0. The molecule has 1 aliphatic rings. The fraction of sp³-hybridized carbons (Fsp3) is 0.875. The van der Waals surface area contributed by atoms with Crippen LogP contribution < -0.4 is 0 Å². The summed E-state index contributed by atoms with van der Waals surface area (Å²) in [5.74, 6) is 1.71. The van der Waals surface area contributed by atoms with Crippen molar-refractivity contribution in [2.24, 2.45) is 0 Å². The Kier molecular flexibility index (Phi) is 11.0. The summed E-state index contributed by atoms with van der Waals surface area (Å²) in [7, 11) is 0. The maximum atomic E-state index is 9.00. The molecule has 0 saturated carbocycles. The van der Waals surface area contributed by atoms with Crippen molar-refractivity contribution in [1.82, 2.24) is 0 Å². The minimum atomic E-state index is -0.833. The second kappa shape index (κ2) is 9.85. The fourth-order valence-corrected chi connectivity index (χ4v) is 7.08. The first-order valence-electron chi connectivity index (χ1n) is 4.61. The molecule has 1 aliphatic heterocycles. The third kappa shape index (κ3) is 8.92.